The molecule has 4 heterocycles. The van der Waals surface area contributed by atoms with Crippen LogP contribution in [0.25, 0.3) is 21.5 Å². The van der Waals surface area contributed by atoms with Crippen LogP contribution >= 0.6 is 11.3 Å². The molecular formula is C29H28F3N3O7S2. The summed E-state index contributed by atoms with van der Waals surface area (Å²) in [5, 5.41) is 5.01. The summed E-state index contributed by atoms with van der Waals surface area (Å²) < 4.78 is 92.7. The molecule has 2 saturated heterocycles. The van der Waals surface area contributed by atoms with E-state index in [1.807, 2.05) is 0 Å². The van der Waals surface area contributed by atoms with Gasteiger partial charge in [-0.1, -0.05) is 28.6 Å². The number of hydrogen-bond donors (Lipinski definition) is 1. The summed E-state index contributed by atoms with van der Waals surface area (Å²) in [5.74, 6) is 0.513. The number of halogens is 3. The van der Waals surface area contributed by atoms with Gasteiger partial charge in [0, 0.05) is 35.2 Å². The van der Waals surface area contributed by atoms with Gasteiger partial charge < -0.3 is 23.1 Å². The van der Waals surface area contributed by atoms with E-state index in [2.05, 4.69) is 19.0 Å². The van der Waals surface area contributed by atoms with Crippen molar-refractivity contribution in [3.63, 3.8) is 0 Å². The smallest absolute Gasteiger partial charge is 0.405 e. The number of alkyl halides is 3. The predicted molar refractivity (Wildman–Crippen MR) is 154 cm³/mol. The molecule has 1 unspecified atom stereocenters. The Morgan fingerprint density at radius 3 is 2.52 bits per heavy atom. The van der Waals surface area contributed by atoms with Crippen molar-refractivity contribution in [3.8, 4) is 22.8 Å². The summed E-state index contributed by atoms with van der Waals surface area (Å²) >= 11 is 1.44. The Morgan fingerprint density at radius 2 is 1.84 bits per heavy atom. The molecule has 0 spiro atoms. The summed E-state index contributed by atoms with van der Waals surface area (Å²) in [6.07, 6.45) is 0.346. The quantitative estimate of drug-likeness (QED) is 0.191. The third-order valence-corrected chi connectivity index (χ3v) is 9.78. The monoisotopic (exact) mass is 651 g/mol. The van der Waals surface area contributed by atoms with Gasteiger partial charge in [0.2, 0.25) is 0 Å². The highest BCUT2D eigenvalue weighted by Crippen LogP contribution is 2.47. The second kappa shape index (κ2) is 10.9. The maximum atomic E-state index is 13.1. The third-order valence-electron chi connectivity index (χ3n) is 8.36. The molecule has 7 rings (SSSR count). The zero-order valence-electron chi connectivity index (χ0n) is 23.4. The fourth-order valence-electron chi connectivity index (χ4n) is 6.43. The minimum Gasteiger partial charge on any atom is -0.405 e. The highest BCUT2D eigenvalue weighted by Gasteiger charge is 2.43. The highest BCUT2D eigenvalue weighted by atomic mass is 32.3. The van der Waals surface area contributed by atoms with Crippen LogP contribution in [0.1, 0.15) is 61.3 Å². The lowest BCUT2D eigenvalue weighted by molar-refractivity contribution is -0.274. The van der Waals surface area contributed by atoms with Crippen molar-refractivity contribution in [3.05, 3.63) is 53.3 Å². The van der Waals surface area contributed by atoms with Gasteiger partial charge in [-0.2, -0.15) is 8.42 Å². The fourth-order valence-corrected chi connectivity index (χ4v) is 7.98. The molecule has 2 aromatic carbocycles. The molecule has 0 amide bonds. The molecule has 2 aliphatic heterocycles. The summed E-state index contributed by atoms with van der Waals surface area (Å²) in [6, 6.07) is 9.35. The van der Waals surface area contributed by atoms with E-state index in [0.717, 1.165) is 59.4 Å². The Kier molecular flexibility index (Phi) is 7.26. The number of hydrogen-bond acceptors (Lipinski definition) is 10. The van der Waals surface area contributed by atoms with E-state index in [4.69, 9.17) is 18.8 Å². The lowest BCUT2D eigenvalue weighted by Crippen LogP contribution is -2.45. The van der Waals surface area contributed by atoms with Crippen LogP contribution in [0.3, 0.4) is 0 Å². The number of rotatable bonds is 9. The van der Waals surface area contributed by atoms with Crippen molar-refractivity contribution >= 4 is 37.1 Å². The lowest BCUT2D eigenvalue weighted by Gasteiger charge is -2.38. The minimum absolute atomic E-state index is 0.0223. The maximum absolute atomic E-state index is 13.1. The average Bonchev–Trinajstić information content (AvgIpc) is 3.45. The van der Waals surface area contributed by atoms with E-state index < -0.39 is 16.8 Å². The standard InChI is InChI=1S/C29H28F3N3O7S2/c1-15-10-20(42-44(36,37)38)13-24-25(15)33-28(43-24)35-17-8-9-18(35)12-19(11-17)39-14-22-26(34-41-27(22)16-6-7-16)21-4-2-3-5-23(21)40-29(30,31)32/h2-5,10,13,16-19H,6-9,11-12,14H2,1H3,(H,36,37,38)/t17-,18+,19?. The Balaban J connectivity index is 1.09. The van der Waals surface area contributed by atoms with Crippen molar-refractivity contribution < 1.29 is 44.3 Å². The van der Waals surface area contributed by atoms with Crippen LogP contribution in [0.2, 0.25) is 0 Å². The van der Waals surface area contributed by atoms with Crippen molar-refractivity contribution in [2.24, 2.45) is 0 Å². The number of fused-ring (bicyclic) bond motifs is 3. The lowest BCUT2D eigenvalue weighted by atomic mass is 10.00. The van der Waals surface area contributed by atoms with Crippen LogP contribution in [-0.4, -0.2) is 47.7 Å². The van der Waals surface area contributed by atoms with Gasteiger partial charge in [0.25, 0.3) is 0 Å². The van der Waals surface area contributed by atoms with Crippen molar-refractivity contribution in [2.75, 3.05) is 4.90 Å². The zero-order valence-corrected chi connectivity index (χ0v) is 25.0. The molecule has 4 aromatic rings. The molecule has 1 N–H and O–H groups in total. The normalized spacial score (nSPS) is 22.1. The molecule has 3 aliphatic rings. The Labute approximate surface area is 254 Å². The highest BCUT2D eigenvalue weighted by molar-refractivity contribution is 7.81. The van der Waals surface area contributed by atoms with Crippen LogP contribution in [0.4, 0.5) is 18.3 Å². The van der Waals surface area contributed by atoms with E-state index in [0.29, 0.717) is 17.0 Å². The second-order valence-electron chi connectivity index (χ2n) is 11.5. The number of thiazole rings is 1. The van der Waals surface area contributed by atoms with E-state index >= 15 is 0 Å². The topological polar surface area (TPSA) is 124 Å². The van der Waals surface area contributed by atoms with Gasteiger partial charge in [-0.15, -0.1) is 13.2 Å². The number of benzene rings is 2. The predicted octanol–water partition coefficient (Wildman–Crippen LogP) is 6.93. The zero-order chi connectivity index (χ0) is 30.8. The largest absolute Gasteiger partial charge is 0.573 e. The molecule has 2 bridgehead atoms. The fraction of sp³-hybridized carbons (Fsp3) is 0.448. The van der Waals surface area contributed by atoms with Gasteiger partial charge in [0.1, 0.15) is 23.0 Å². The minimum atomic E-state index is -4.85. The number of aromatic nitrogens is 2. The van der Waals surface area contributed by atoms with Crippen LogP contribution in [-0.2, 0) is 21.7 Å². The number of anilines is 1. The molecule has 234 valence electrons. The average molecular weight is 652 g/mol. The van der Waals surface area contributed by atoms with Crippen molar-refractivity contribution in [1.82, 2.24) is 10.1 Å². The first-order valence-corrected chi connectivity index (χ1v) is 16.4. The number of piperidine rings is 1. The number of para-hydroxylation sites is 1. The molecular weight excluding hydrogens is 623 g/mol. The van der Waals surface area contributed by atoms with Crippen molar-refractivity contribution in [2.45, 2.75) is 82.5 Å². The van der Waals surface area contributed by atoms with Gasteiger partial charge in [-0.05, 0) is 69.2 Å². The summed E-state index contributed by atoms with van der Waals surface area (Å²) in [6.45, 7) is 1.96. The van der Waals surface area contributed by atoms with Gasteiger partial charge in [0.05, 0.1) is 22.9 Å². The van der Waals surface area contributed by atoms with Gasteiger partial charge in [-0.25, -0.2) is 4.98 Å². The number of ether oxygens (including phenoxy) is 2. The molecule has 1 saturated carbocycles. The number of aryl methyl sites for hydroxylation is 1. The molecule has 15 heteroatoms. The van der Waals surface area contributed by atoms with E-state index in [9.17, 15) is 21.6 Å². The van der Waals surface area contributed by atoms with Crippen LogP contribution in [0, 0.1) is 6.92 Å². The third kappa shape index (κ3) is 5.97. The summed E-state index contributed by atoms with van der Waals surface area (Å²) in [5.41, 5.74) is 2.63. The molecule has 0 radical (unpaired) electrons. The second-order valence-corrected chi connectivity index (χ2v) is 13.5. The Bertz CT molecular complexity index is 1810. The maximum Gasteiger partial charge on any atom is 0.573 e. The van der Waals surface area contributed by atoms with Gasteiger partial charge >= 0.3 is 16.8 Å². The Hall–Kier alpha value is -3.40. The van der Waals surface area contributed by atoms with E-state index in [1.54, 1.807) is 19.1 Å². The van der Waals surface area contributed by atoms with Crippen LogP contribution in [0.5, 0.6) is 11.5 Å². The SMILES string of the molecule is Cc1cc(OS(=O)(=O)O)cc2sc(N3[C@@H]4CC[C@H]3CC(OCc3c(-c5ccccc5OC(F)(F)F)noc3C3CC3)C4)nc12. The molecule has 3 fully saturated rings. The first kappa shape index (κ1) is 29.3. The van der Waals surface area contributed by atoms with E-state index in [1.165, 1.54) is 35.6 Å². The first-order chi connectivity index (χ1) is 20.9. The number of nitrogens with zero attached hydrogens (tertiary/aromatic N) is 3. The molecule has 1 aliphatic carbocycles. The van der Waals surface area contributed by atoms with E-state index in [-0.39, 0.29) is 47.8 Å². The summed E-state index contributed by atoms with van der Waals surface area (Å²) in [7, 11) is -4.65. The van der Waals surface area contributed by atoms with Crippen LogP contribution < -0.4 is 13.8 Å². The molecule has 44 heavy (non-hydrogen) atoms. The van der Waals surface area contributed by atoms with Crippen molar-refractivity contribution in [1.29, 1.82) is 0 Å². The Morgan fingerprint density at radius 1 is 1.11 bits per heavy atom. The first-order valence-electron chi connectivity index (χ1n) is 14.2. The molecule has 3 atom stereocenters. The molecule has 2 aromatic heterocycles. The summed E-state index contributed by atoms with van der Waals surface area (Å²) in [4.78, 5) is 7.18. The van der Waals surface area contributed by atoms with Crippen LogP contribution in [0.15, 0.2) is 40.9 Å². The molecule has 10 nitrogen and oxygen atoms in total. The van der Waals surface area contributed by atoms with Gasteiger partial charge in [0.15, 0.2) is 5.13 Å². The van der Waals surface area contributed by atoms with Gasteiger partial charge in [-0.3, -0.25) is 4.55 Å².